The van der Waals surface area contributed by atoms with Crippen molar-refractivity contribution in [3.05, 3.63) is 34.4 Å². The summed E-state index contributed by atoms with van der Waals surface area (Å²) < 4.78 is 5.10. The molecule has 0 spiro atoms. The minimum atomic E-state index is -0.718. The quantitative estimate of drug-likeness (QED) is 0.452. The molecular weight excluding hydrogens is 319 g/mol. The molecule has 1 aromatic carbocycles. The summed E-state index contributed by atoms with van der Waals surface area (Å²) in [5.41, 5.74) is -0.274. The van der Waals surface area contributed by atoms with Crippen LogP contribution in [0, 0.1) is 10.1 Å². The van der Waals surface area contributed by atoms with E-state index in [1.807, 2.05) is 0 Å². The first-order valence-corrected chi connectivity index (χ1v) is 7.17. The number of alkyl halides is 2. The Kier molecular flexibility index (Phi) is 6.71. The fraction of sp³-hybridized carbons (Fsp3) is 0.462. The minimum absolute atomic E-state index is 0.109. The number of carbonyl (C=O) groups is 1. The smallest absolute Gasteiger partial charge is 0.403 e. The van der Waals surface area contributed by atoms with Crippen LogP contribution in [0.25, 0.3) is 0 Å². The summed E-state index contributed by atoms with van der Waals surface area (Å²) in [6.07, 6.45) is -0.718. The number of halogens is 2. The molecule has 0 fully saturated rings. The lowest BCUT2D eigenvalue weighted by Gasteiger charge is -2.24. The second-order valence-corrected chi connectivity index (χ2v) is 6.05. The van der Waals surface area contributed by atoms with Crippen LogP contribution in [0.2, 0.25) is 0 Å². The van der Waals surface area contributed by atoms with E-state index in [1.165, 1.54) is 23.1 Å². The number of nitro benzene ring substituents is 1. The van der Waals surface area contributed by atoms with E-state index in [9.17, 15) is 14.9 Å². The van der Waals surface area contributed by atoms with E-state index in [-0.39, 0.29) is 35.3 Å². The molecular formula is C13H16Cl2N2O4. The van der Waals surface area contributed by atoms with Crippen molar-refractivity contribution in [3.8, 4) is 5.75 Å². The van der Waals surface area contributed by atoms with Gasteiger partial charge in [0.1, 0.15) is 0 Å². The Bertz CT molecular complexity index is 499. The number of ether oxygens (including phenoxy) is 1. The molecule has 0 saturated heterocycles. The summed E-state index contributed by atoms with van der Waals surface area (Å²) in [4.78, 5) is 23.7. The molecule has 1 aromatic rings. The molecule has 116 valence electrons. The molecule has 6 nitrogen and oxygen atoms in total. The molecule has 0 heterocycles. The molecule has 0 bridgehead atoms. The predicted molar refractivity (Wildman–Crippen MR) is 81.3 cm³/mol. The summed E-state index contributed by atoms with van der Waals surface area (Å²) in [6, 6.07) is 5.67. The highest BCUT2D eigenvalue weighted by atomic mass is 35.5. The van der Waals surface area contributed by atoms with Crippen LogP contribution in [0.5, 0.6) is 5.75 Å². The first kappa shape index (κ1) is 17.5. The van der Waals surface area contributed by atoms with Crippen molar-refractivity contribution in [3.63, 3.8) is 0 Å². The third-order valence-electron chi connectivity index (χ3n) is 2.46. The normalized spacial score (nSPS) is 13.3. The Labute approximate surface area is 132 Å². The van der Waals surface area contributed by atoms with E-state index in [0.717, 1.165) is 0 Å². The Hall–Kier alpha value is -1.53. The van der Waals surface area contributed by atoms with Gasteiger partial charge in [0.25, 0.3) is 0 Å². The summed E-state index contributed by atoms with van der Waals surface area (Å²) >= 11 is 11.8. The van der Waals surface area contributed by atoms with Gasteiger partial charge in [0.2, 0.25) is 5.75 Å². The van der Waals surface area contributed by atoms with Crippen LogP contribution in [0.3, 0.4) is 0 Å². The van der Waals surface area contributed by atoms with E-state index in [0.29, 0.717) is 0 Å². The molecule has 0 radical (unpaired) electrons. The highest BCUT2D eigenvalue weighted by Gasteiger charge is 2.23. The largest absolute Gasteiger partial charge is 0.415 e. The summed E-state index contributed by atoms with van der Waals surface area (Å²) in [6.45, 7) is 3.92. The summed E-state index contributed by atoms with van der Waals surface area (Å²) in [5.74, 6) is -0.109. The second kappa shape index (κ2) is 8.05. The monoisotopic (exact) mass is 334 g/mol. The van der Waals surface area contributed by atoms with E-state index in [2.05, 4.69) is 0 Å². The fourth-order valence-corrected chi connectivity index (χ4v) is 2.02. The maximum atomic E-state index is 12.1. The van der Waals surface area contributed by atoms with Crippen molar-refractivity contribution >= 4 is 35.0 Å². The molecule has 1 amide bonds. The number of nitrogens with zero attached hydrogens (tertiary/aromatic N) is 2. The fourth-order valence-electron chi connectivity index (χ4n) is 1.68. The number of nitro groups is 1. The van der Waals surface area contributed by atoms with Crippen LogP contribution in [0.1, 0.15) is 13.8 Å². The van der Waals surface area contributed by atoms with E-state index < -0.39 is 11.0 Å². The van der Waals surface area contributed by atoms with E-state index >= 15 is 0 Å². The zero-order valence-electron chi connectivity index (χ0n) is 11.7. The van der Waals surface area contributed by atoms with Crippen LogP contribution in [0.4, 0.5) is 10.5 Å². The van der Waals surface area contributed by atoms with Crippen molar-refractivity contribution in [2.75, 3.05) is 13.1 Å². The molecule has 8 heteroatoms. The average Bonchev–Trinajstić information content (AvgIpc) is 2.37. The highest BCUT2D eigenvalue weighted by Crippen LogP contribution is 2.26. The van der Waals surface area contributed by atoms with Gasteiger partial charge in [-0.1, -0.05) is 12.1 Å². The molecule has 0 unspecified atom stereocenters. The lowest BCUT2D eigenvalue weighted by atomic mass is 10.3. The van der Waals surface area contributed by atoms with Crippen molar-refractivity contribution in [1.29, 1.82) is 0 Å². The Balaban J connectivity index is 2.88. The number of hydrogen-bond acceptors (Lipinski definition) is 4. The Morgan fingerprint density at radius 2 is 1.81 bits per heavy atom. The lowest BCUT2D eigenvalue weighted by Crippen LogP contribution is -2.40. The molecule has 1 rings (SSSR count). The van der Waals surface area contributed by atoms with Gasteiger partial charge < -0.3 is 9.64 Å². The molecule has 0 aliphatic carbocycles. The van der Waals surface area contributed by atoms with Crippen molar-refractivity contribution in [2.45, 2.75) is 24.6 Å². The van der Waals surface area contributed by atoms with Crippen LogP contribution < -0.4 is 4.74 Å². The standard InChI is InChI=1S/C13H16Cl2N2O4/c1-9(14)7-16(8-10(2)15)13(18)21-12-6-4-3-5-11(12)17(19)20/h3-6,9-10H,7-8H2,1-2H3/t9-,10-/m0/s1. The van der Waals surface area contributed by atoms with Gasteiger partial charge >= 0.3 is 11.8 Å². The van der Waals surface area contributed by atoms with Crippen LogP contribution in [0.15, 0.2) is 24.3 Å². The van der Waals surface area contributed by atoms with E-state index in [1.54, 1.807) is 19.9 Å². The molecule has 0 aliphatic heterocycles. The number of rotatable bonds is 6. The van der Waals surface area contributed by atoms with Crippen molar-refractivity contribution < 1.29 is 14.5 Å². The highest BCUT2D eigenvalue weighted by molar-refractivity contribution is 6.21. The number of benzene rings is 1. The first-order valence-electron chi connectivity index (χ1n) is 6.29. The van der Waals surface area contributed by atoms with Gasteiger partial charge in [-0.3, -0.25) is 10.1 Å². The topological polar surface area (TPSA) is 72.7 Å². The van der Waals surface area contributed by atoms with Crippen LogP contribution in [-0.4, -0.2) is 39.8 Å². The number of hydrogen-bond donors (Lipinski definition) is 0. The minimum Gasteiger partial charge on any atom is -0.403 e. The predicted octanol–water partition coefficient (Wildman–Crippen LogP) is 3.65. The molecule has 2 atom stereocenters. The molecule has 0 saturated carbocycles. The van der Waals surface area contributed by atoms with Gasteiger partial charge in [-0.05, 0) is 19.9 Å². The van der Waals surface area contributed by atoms with Gasteiger partial charge in [0.15, 0.2) is 0 Å². The molecule has 0 aromatic heterocycles. The zero-order chi connectivity index (χ0) is 16.0. The molecule has 0 N–H and O–H groups in total. The average molecular weight is 335 g/mol. The van der Waals surface area contributed by atoms with Crippen LogP contribution >= 0.6 is 23.2 Å². The van der Waals surface area contributed by atoms with Gasteiger partial charge in [-0.2, -0.15) is 0 Å². The lowest BCUT2D eigenvalue weighted by molar-refractivity contribution is -0.385. The van der Waals surface area contributed by atoms with Crippen LogP contribution in [-0.2, 0) is 0 Å². The van der Waals surface area contributed by atoms with Gasteiger partial charge in [-0.25, -0.2) is 4.79 Å². The maximum absolute atomic E-state index is 12.1. The summed E-state index contributed by atoms with van der Waals surface area (Å²) in [5, 5.41) is 10.3. The number of amides is 1. The number of para-hydroxylation sites is 2. The third kappa shape index (κ3) is 5.77. The van der Waals surface area contributed by atoms with Crippen molar-refractivity contribution in [2.24, 2.45) is 0 Å². The molecule has 0 aliphatic rings. The Morgan fingerprint density at radius 3 is 2.29 bits per heavy atom. The number of carbonyl (C=O) groups excluding carboxylic acids is 1. The van der Waals surface area contributed by atoms with Gasteiger partial charge in [0, 0.05) is 29.9 Å². The van der Waals surface area contributed by atoms with E-state index in [4.69, 9.17) is 27.9 Å². The Morgan fingerprint density at radius 1 is 1.29 bits per heavy atom. The zero-order valence-corrected chi connectivity index (χ0v) is 13.2. The van der Waals surface area contributed by atoms with Crippen molar-refractivity contribution in [1.82, 2.24) is 4.90 Å². The SMILES string of the molecule is C[C@H](Cl)CN(C[C@H](C)Cl)C(=O)Oc1ccccc1[N+](=O)[O-]. The van der Waals surface area contributed by atoms with Gasteiger partial charge in [0.05, 0.1) is 4.92 Å². The van der Waals surface area contributed by atoms with Gasteiger partial charge in [-0.15, -0.1) is 23.2 Å². The third-order valence-corrected chi connectivity index (χ3v) is 2.74. The second-order valence-electron chi connectivity index (χ2n) is 4.56. The first-order chi connectivity index (χ1) is 9.81. The summed E-state index contributed by atoms with van der Waals surface area (Å²) in [7, 11) is 0. The molecule has 21 heavy (non-hydrogen) atoms. The maximum Gasteiger partial charge on any atom is 0.415 e.